The monoisotopic (exact) mass is 275 g/mol. The lowest BCUT2D eigenvalue weighted by Crippen LogP contribution is -2.19. The molecule has 106 valence electrons. The summed E-state index contributed by atoms with van der Waals surface area (Å²) >= 11 is 0. The van der Waals surface area contributed by atoms with Crippen LogP contribution in [0.15, 0.2) is 18.2 Å². The van der Waals surface area contributed by atoms with Crippen LogP contribution in [-0.4, -0.2) is 20.2 Å². The minimum atomic E-state index is -0.333. The lowest BCUT2D eigenvalue weighted by Gasteiger charge is -2.27. The van der Waals surface area contributed by atoms with Crippen molar-refractivity contribution in [2.24, 2.45) is 5.92 Å². The quantitative estimate of drug-likeness (QED) is 0.856. The maximum absolute atomic E-state index is 13.4. The van der Waals surface area contributed by atoms with Crippen LogP contribution in [0.1, 0.15) is 38.6 Å². The van der Waals surface area contributed by atoms with E-state index in [4.69, 9.17) is 5.73 Å². The fourth-order valence-electron chi connectivity index (χ4n) is 2.96. The molecule has 1 heterocycles. The topological polar surface area (TPSA) is 69.6 Å². The van der Waals surface area contributed by atoms with Gasteiger partial charge in [0.15, 0.2) is 5.82 Å². The van der Waals surface area contributed by atoms with Crippen molar-refractivity contribution < 1.29 is 4.39 Å². The Hall–Kier alpha value is -1.98. The van der Waals surface area contributed by atoms with Crippen LogP contribution >= 0.6 is 0 Å². The number of nitrogen functional groups attached to an aromatic ring is 1. The molecule has 1 fully saturated rings. The van der Waals surface area contributed by atoms with E-state index in [9.17, 15) is 4.39 Å². The lowest BCUT2D eigenvalue weighted by atomic mass is 9.87. The first-order valence-corrected chi connectivity index (χ1v) is 6.98. The Morgan fingerprint density at radius 2 is 2.20 bits per heavy atom. The second-order valence-corrected chi connectivity index (χ2v) is 5.60. The molecule has 1 aromatic heterocycles. The summed E-state index contributed by atoms with van der Waals surface area (Å²) in [6, 6.07) is 4.55. The maximum Gasteiger partial charge on any atom is 0.184 e. The average Bonchev–Trinajstić information content (AvgIpc) is 2.90. The van der Waals surface area contributed by atoms with Gasteiger partial charge in [0.25, 0.3) is 0 Å². The normalized spacial score (nSPS) is 22.9. The molecule has 6 heteroatoms. The molecular formula is C14H18FN5. The van der Waals surface area contributed by atoms with E-state index in [-0.39, 0.29) is 11.9 Å². The van der Waals surface area contributed by atoms with Gasteiger partial charge < -0.3 is 5.73 Å². The van der Waals surface area contributed by atoms with Crippen LogP contribution in [0.5, 0.6) is 0 Å². The van der Waals surface area contributed by atoms with Crippen LogP contribution in [0.2, 0.25) is 0 Å². The maximum atomic E-state index is 13.4. The molecule has 0 radical (unpaired) electrons. The minimum Gasteiger partial charge on any atom is -0.398 e. The molecule has 20 heavy (non-hydrogen) atoms. The Kier molecular flexibility index (Phi) is 3.38. The fraction of sp³-hybridized carbons (Fsp3) is 0.500. The van der Waals surface area contributed by atoms with Crippen LogP contribution < -0.4 is 5.73 Å². The number of hydrogen-bond donors (Lipinski definition) is 1. The van der Waals surface area contributed by atoms with Crippen LogP contribution in [0, 0.1) is 11.7 Å². The molecule has 2 unspecified atom stereocenters. The van der Waals surface area contributed by atoms with Crippen molar-refractivity contribution >= 4 is 5.69 Å². The molecular weight excluding hydrogens is 257 g/mol. The molecule has 0 amide bonds. The van der Waals surface area contributed by atoms with E-state index in [1.54, 1.807) is 10.7 Å². The number of rotatable bonds is 2. The van der Waals surface area contributed by atoms with Gasteiger partial charge in [-0.25, -0.2) is 9.07 Å². The first-order chi connectivity index (χ1) is 9.65. The van der Waals surface area contributed by atoms with Gasteiger partial charge in [0.2, 0.25) is 0 Å². The number of tetrazole rings is 1. The molecule has 3 rings (SSSR count). The number of nitrogens with two attached hydrogens (primary N) is 1. The minimum absolute atomic E-state index is 0.270. The highest BCUT2D eigenvalue weighted by molar-refractivity contribution is 5.71. The second-order valence-electron chi connectivity index (χ2n) is 5.60. The molecule has 1 aromatic carbocycles. The van der Waals surface area contributed by atoms with Crippen LogP contribution in [0.4, 0.5) is 10.1 Å². The first kappa shape index (κ1) is 13.0. The zero-order valence-electron chi connectivity index (χ0n) is 11.5. The van der Waals surface area contributed by atoms with E-state index in [0.29, 0.717) is 23.0 Å². The summed E-state index contributed by atoms with van der Waals surface area (Å²) in [5.41, 5.74) is 6.99. The summed E-state index contributed by atoms with van der Waals surface area (Å²) in [5.74, 6) is 0.887. The zero-order chi connectivity index (χ0) is 14.1. The first-order valence-electron chi connectivity index (χ1n) is 6.98. The number of halogens is 1. The number of benzene rings is 1. The predicted molar refractivity (Wildman–Crippen MR) is 74.3 cm³/mol. The van der Waals surface area contributed by atoms with Crippen molar-refractivity contribution in [3.8, 4) is 11.4 Å². The van der Waals surface area contributed by atoms with Gasteiger partial charge in [-0.15, -0.1) is 5.10 Å². The molecule has 1 aliphatic rings. The van der Waals surface area contributed by atoms with Crippen LogP contribution in [0.25, 0.3) is 11.4 Å². The summed E-state index contributed by atoms with van der Waals surface area (Å²) < 4.78 is 15.2. The second kappa shape index (κ2) is 5.19. The highest BCUT2D eigenvalue weighted by Gasteiger charge is 2.25. The zero-order valence-corrected chi connectivity index (χ0v) is 11.5. The summed E-state index contributed by atoms with van der Waals surface area (Å²) in [4.78, 5) is 0. The highest BCUT2D eigenvalue weighted by atomic mass is 19.1. The van der Waals surface area contributed by atoms with E-state index in [1.165, 1.54) is 25.0 Å². The predicted octanol–water partition coefficient (Wildman–Crippen LogP) is 2.81. The molecule has 5 nitrogen and oxygen atoms in total. The Balaban J connectivity index is 1.99. The van der Waals surface area contributed by atoms with E-state index in [1.807, 2.05) is 0 Å². The van der Waals surface area contributed by atoms with E-state index >= 15 is 0 Å². The van der Waals surface area contributed by atoms with Gasteiger partial charge >= 0.3 is 0 Å². The summed E-state index contributed by atoms with van der Waals surface area (Å²) in [6.07, 6.45) is 4.52. The molecule has 2 aromatic rings. The third-order valence-corrected chi connectivity index (χ3v) is 4.00. The van der Waals surface area contributed by atoms with Gasteiger partial charge in [0.1, 0.15) is 5.82 Å². The summed E-state index contributed by atoms with van der Waals surface area (Å²) in [7, 11) is 0. The van der Waals surface area contributed by atoms with Gasteiger partial charge in [0.05, 0.1) is 6.04 Å². The number of aromatic nitrogens is 4. The Morgan fingerprint density at radius 1 is 1.35 bits per heavy atom. The highest BCUT2D eigenvalue weighted by Crippen LogP contribution is 2.34. The molecule has 2 atom stereocenters. The molecule has 2 N–H and O–H groups in total. The smallest absolute Gasteiger partial charge is 0.184 e. The summed E-state index contributed by atoms with van der Waals surface area (Å²) in [5, 5.41) is 11.9. The number of hydrogen-bond acceptors (Lipinski definition) is 4. The lowest BCUT2D eigenvalue weighted by molar-refractivity contribution is 0.265. The third kappa shape index (κ3) is 2.37. The van der Waals surface area contributed by atoms with E-state index in [0.717, 1.165) is 12.8 Å². The molecule has 0 spiro atoms. The van der Waals surface area contributed by atoms with Gasteiger partial charge in [-0.1, -0.05) is 19.8 Å². The molecule has 0 aliphatic heterocycles. The van der Waals surface area contributed by atoms with Gasteiger partial charge in [-0.2, -0.15) is 0 Å². The number of anilines is 1. The van der Waals surface area contributed by atoms with Crippen molar-refractivity contribution in [1.82, 2.24) is 20.2 Å². The van der Waals surface area contributed by atoms with Crippen molar-refractivity contribution in [2.75, 3.05) is 5.73 Å². The van der Waals surface area contributed by atoms with Crippen molar-refractivity contribution in [2.45, 2.75) is 38.6 Å². The van der Waals surface area contributed by atoms with Crippen molar-refractivity contribution in [1.29, 1.82) is 0 Å². The Bertz CT molecular complexity index is 609. The average molecular weight is 275 g/mol. The SMILES string of the molecule is CC1CCCC(n2nnnc2-c2cc(F)ccc2N)C1. The summed E-state index contributed by atoms with van der Waals surface area (Å²) in [6.45, 7) is 2.24. The van der Waals surface area contributed by atoms with Crippen LogP contribution in [0.3, 0.4) is 0 Å². The fourth-order valence-corrected chi connectivity index (χ4v) is 2.96. The Morgan fingerprint density at radius 3 is 3.00 bits per heavy atom. The van der Waals surface area contributed by atoms with E-state index in [2.05, 4.69) is 22.4 Å². The van der Waals surface area contributed by atoms with Crippen molar-refractivity contribution in [3.05, 3.63) is 24.0 Å². The van der Waals surface area contributed by atoms with Crippen molar-refractivity contribution in [3.63, 3.8) is 0 Å². The van der Waals surface area contributed by atoms with Gasteiger partial charge in [-0.3, -0.25) is 0 Å². The molecule has 0 bridgehead atoms. The van der Waals surface area contributed by atoms with E-state index < -0.39 is 0 Å². The van der Waals surface area contributed by atoms with Crippen LogP contribution in [-0.2, 0) is 0 Å². The molecule has 1 saturated carbocycles. The molecule has 1 aliphatic carbocycles. The number of nitrogens with zero attached hydrogens (tertiary/aromatic N) is 4. The largest absolute Gasteiger partial charge is 0.398 e. The van der Waals surface area contributed by atoms with Gasteiger partial charge in [0, 0.05) is 11.3 Å². The molecule has 0 saturated heterocycles. The Labute approximate surface area is 117 Å². The standard InChI is InChI=1S/C14H18FN5/c1-9-3-2-4-11(7-9)20-14(17-18-19-20)12-8-10(15)5-6-13(12)16/h5-6,8-9,11H,2-4,7,16H2,1H3. The third-order valence-electron chi connectivity index (χ3n) is 4.00. The van der Waals surface area contributed by atoms with Gasteiger partial charge in [-0.05, 0) is 47.4 Å².